The number of nitriles is 1. The van der Waals surface area contributed by atoms with E-state index >= 15 is 4.39 Å². The normalized spacial score (nSPS) is 25.2. The van der Waals surface area contributed by atoms with Gasteiger partial charge in [0.15, 0.2) is 10.9 Å². The maximum atomic E-state index is 16.6. The van der Waals surface area contributed by atoms with Crippen molar-refractivity contribution >= 4 is 43.4 Å². The molecule has 1 saturated carbocycles. The van der Waals surface area contributed by atoms with Gasteiger partial charge in [0, 0.05) is 35.5 Å². The molecule has 2 aliphatic heterocycles. The van der Waals surface area contributed by atoms with Crippen LogP contribution in [0.4, 0.5) is 37.3 Å². The van der Waals surface area contributed by atoms with Crippen LogP contribution in [-0.2, 0) is 6.18 Å². The Morgan fingerprint density at radius 2 is 1.98 bits per heavy atom. The van der Waals surface area contributed by atoms with Gasteiger partial charge in [0.1, 0.15) is 29.9 Å². The highest BCUT2D eigenvalue weighted by Crippen LogP contribution is 2.46. The van der Waals surface area contributed by atoms with Crippen molar-refractivity contribution in [3.8, 4) is 23.2 Å². The zero-order valence-corrected chi connectivity index (χ0v) is 23.8. The lowest BCUT2D eigenvalue weighted by molar-refractivity contribution is -0.137. The zero-order chi connectivity index (χ0) is 31.0. The molecular weight excluding hydrogens is 608 g/mol. The molecule has 0 spiro atoms. The maximum absolute atomic E-state index is 16.6. The third-order valence-corrected chi connectivity index (χ3v) is 9.78. The summed E-state index contributed by atoms with van der Waals surface area (Å²) in [5, 5.41) is 11.9. The number of halogens is 6. The first-order valence-corrected chi connectivity index (χ1v) is 14.9. The van der Waals surface area contributed by atoms with Crippen molar-refractivity contribution in [3.05, 3.63) is 35.4 Å². The van der Waals surface area contributed by atoms with Gasteiger partial charge in [0.2, 0.25) is 0 Å². The SMILES string of the molecule is N#C[C@H]1C[C@H](Nc2nc(OC[C@@]34CCCN3C[C@H](F)C4)nc3c(F)c(-c4ccc(F)c5sc(N)nc45)c(C(F)(F)F)cc23)C1. The molecule has 2 aromatic heterocycles. The predicted molar refractivity (Wildman–Crippen MR) is 152 cm³/mol. The summed E-state index contributed by atoms with van der Waals surface area (Å²) in [4.78, 5) is 14.6. The Morgan fingerprint density at radius 1 is 1.18 bits per heavy atom. The molecule has 7 rings (SSSR count). The van der Waals surface area contributed by atoms with E-state index in [1.807, 2.05) is 4.90 Å². The summed E-state index contributed by atoms with van der Waals surface area (Å²) >= 11 is 0.737. The maximum Gasteiger partial charge on any atom is 0.417 e. The summed E-state index contributed by atoms with van der Waals surface area (Å²) in [6.07, 6.45) is -3.39. The van der Waals surface area contributed by atoms with Crippen molar-refractivity contribution in [1.29, 1.82) is 5.26 Å². The molecule has 15 heteroatoms. The van der Waals surface area contributed by atoms with E-state index in [-0.39, 0.29) is 69.7 Å². The van der Waals surface area contributed by atoms with E-state index in [0.29, 0.717) is 25.8 Å². The quantitative estimate of drug-likeness (QED) is 0.233. The number of nitrogens with zero attached hydrogens (tertiary/aromatic N) is 5. The molecule has 230 valence electrons. The summed E-state index contributed by atoms with van der Waals surface area (Å²) < 4.78 is 95.0. The first kappa shape index (κ1) is 28.8. The van der Waals surface area contributed by atoms with Gasteiger partial charge in [-0.25, -0.2) is 18.2 Å². The molecule has 44 heavy (non-hydrogen) atoms. The minimum atomic E-state index is -5.03. The monoisotopic (exact) mass is 633 g/mol. The average Bonchev–Trinajstić information content (AvgIpc) is 3.61. The van der Waals surface area contributed by atoms with Gasteiger partial charge in [0.25, 0.3) is 0 Å². The number of nitrogens with one attached hydrogen (secondary N) is 1. The number of nitrogens with two attached hydrogens (primary N) is 1. The van der Waals surface area contributed by atoms with E-state index in [4.69, 9.17) is 10.5 Å². The molecule has 0 amide bonds. The van der Waals surface area contributed by atoms with Crippen LogP contribution in [0.3, 0.4) is 0 Å². The van der Waals surface area contributed by atoms with Crippen molar-refractivity contribution in [1.82, 2.24) is 19.9 Å². The van der Waals surface area contributed by atoms with Crippen LogP contribution < -0.4 is 15.8 Å². The van der Waals surface area contributed by atoms with E-state index in [1.165, 1.54) is 0 Å². The Bertz CT molecular complexity index is 1840. The highest BCUT2D eigenvalue weighted by atomic mass is 32.1. The summed E-state index contributed by atoms with van der Waals surface area (Å²) in [6, 6.07) is 4.30. The second kappa shape index (κ2) is 10.3. The number of anilines is 2. The number of fused-ring (bicyclic) bond motifs is 3. The molecule has 2 aromatic carbocycles. The number of rotatable bonds is 6. The number of benzene rings is 2. The minimum absolute atomic E-state index is 0.0180. The van der Waals surface area contributed by atoms with E-state index in [0.717, 1.165) is 36.0 Å². The standard InChI is InChI=1S/C29H25F6N7OS/c30-14-9-28(4-1-5-42(28)11-14)12-43-27-40-22-17(25(41-27)38-15-6-13(7-15)10-36)8-18(29(33,34)35)20(21(22)32)16-2-3-19(31)24-23(16)39-26(37)44-24/h2-3,8,13-15H,1,4-7,9,11-12H2,(H2,37,39)(H,38,40,41)/t13-,14-,15-,28+/m1/s1. The lowest BCUT2D eigenvalue weighted by Crippen LogP contribution is -2.43. The largest absolute Gasteiger partial charge is 0.461 e. The van der Waals surface area contributed by atoms with Crippen LogP contribution in [0.1, 0.15) is 37.7 Å². The molecule has 4 aromatic rings. The van der Waals surface area contributed by atoms with Gasteiger partial charge in [0.05, 0.1) is 33.3 Å². The Morgan fingerprint density at radius 3 is 2.73 bits per heavy atom. The van der Waals surface area contributed by atoms with Gasteiger partial charge >= 0.3 is 12.2 Å². The summed E-state index contributed by atoms with van der Waals surface area (Å²) in [6.45, 7) is 1.01. The molecule has 3 fully saturated rings. The molecule has 0 unspecified atom stereocenters. The number of thiazole rings is 1. The van der Waals surface area contributed by atoms with Crippen molar-refractivity contribution in [2.75, 3.05) is 30.7 Å². The van der Waals surface area contributed by atoms with E-state index < -0.39 is 46.2 Å². The number of ether oxygens (including phenoxy) is 1. The Balaban J connectivity index is 1.39. The van der Waals surface area contributed by atoms with Gasteiger partial charge in [-0.1, -0.05) is 11.3 Å². The second-order valence-electron chi connectivity index (χ2n) is 11.7. The van der Waals surface area contributed by atoms with Crippen LogP contribution in [-0.4, -0.2) is 57.3 Å². The van der Waals surface area contributed by atoms with E-state index in [2.05, 4.69) is 26.3 Å². The van der Waals surface area contributed by atoms with Crippen molar-refractivity contribution < 1.29 is 31.1 Å². The minimum Gasteiger partial charge on any atom is -0.461 e. The number of alkyl halides is 4. The van der Waals surface area contributed by atoms with E-state index in [1.54, 1.807) is 0 Å². The Kier molecular flexibility index (Phi) is 6.78. The predicted octanol–water partition coefficient (Wildman–Crippen LogP) is 6.45. The Labute approximate surface area is 250 Å². The second-order valence-corrected chi connectivity index (χ2v) is 12.7. The van der Waals surface area contributed by atoms with Gasteiger partial charge in [-0.15, -0.1) is 0 Å². The number of nitrogen functional groups attached to an aromatic ring is 1. The van der Waals surface area contributed by atoms with Crippen LogP contribution in [0.2, 0.25) is 0 Å². The van der Waals surface area contributed by atoms with Crippen molar-refractivity contribution in [3.63, 3.8) is 0 Å². The van der Waals surface area contributed by atoms with Gasteiger partial charge in [-0.2, -0.15) is 28.4 Å². The molecule has 2 atom stereocenters. The molecule has 0 bridgehead atoms. The van der Waals surface area contributed by atoms with Crippen LogP contribution in [0.5, 0.6) is 6.01 Å². The summed E-state index contributed by atoms with van der Waals surface area (Å²) in [5.74, 6) is -2.38. The molecule has 2 saturated heterocycles. The van der Waals surface area contributed by atoms with Crippen LogP contribution >= 0.6 is 11.3 Å². The highest BCUT2D eigenvalue weighted by Gasteiger charge is 2.49. The van der Waals surface area contributed by atoms with Gasteiger partial charge in [-0.05, 0) is 50.4 Å². The smallest absolute Gasteiger partial charge is 0.417 e. The van der Waals surface area contributed by atoms with Crippen LogP contribution in [0.15, 0.2) is 18.2 Å². The number of aromatic nitrogens is 3. The molecule has 0 radical (unpaired) electrons. The molecule has 3 aliphatic rings. The van der Waals surface area contributed by atoms with E-state index in [9.17, 15) is 27.2 Å². The fourth-order valence-electron chi connectivity index (χ4n) is 6.74. The lowest BCUT2D eigenvalue weighted by atomic mass is 9.81. The highest BCUT2D eigenvalue weighted by molar-refractivity contribution is 7.22. The first-order valence-electron chi connectivity index (χ1n) is 14.1. The first-order chi connectivity index (χ1) is 21.0. The van der Waals surface area contributed by atoms with Crippen LogP contribution in [0, 0.1) is 28.9 Å². The zero-order valence-electron chi connectivity index (χ0n) is 23.0. The number of hydrogen-bond donors (Lipinski definition) is 2. The van der Waals surface area contributed by atoms with Gasteiger partial charge in [-0.3, -0.25) is 4.90 Å². The fourth-order valence-corrected chi connectivity index (χ4v) is 7.51. The molecule has 1 aliphatic carbocycles. The van der Waals surface area contributed by atoms with Crippen molar-refractivity contribution in [2.24, 2.45) is 5.92 Å². The molecule has 4 heterocycles. The third kappa shape index (κ3) is 4.75. The molecule has 3 N–H and O–H groups in total. The van der Waals surface area contributed by atoms with Crippen LogP contribution in [0.25, 0.3) is 32.2 Å². The molecule has 8 nitrogen and oxygen atoms in total. The van der Waals surface area contributed by atoms with Gasteiger partial charge < -0.3 is 15.8 Å². The fraction of sp³-hybridized carbons (Fsp3) is 0.448. The topological polar surface area (TPSA) is 113 Å². The third-order valence-electron chi connectivity index (χ3n) is 8.89. The molecular formula is C29H25F6N7OS. The Hall–Kier alpha value is -3.90. The number of hydrogen-bond acceptors (Lipinski definition) is 9. The summed E-state index contributed by atoms with van der Waals surface area (Å²) in [7, 11) is 0. The van der Waals surface area contributed by atoms with Crippen molar-refractivity contribution in [2.45, 2.75) is 56.0 Å². The average molecular weight is 634 g/mol. The summed E-state index contributed by atoms with van der Waals surface area (Å²) in [5.41, 5.74) is 2.02. The lowest BCUT2D eigenvalue weighted by Gasteiger charge is -2.32.